The maximum Gasteiger partial charge on any atom is 0.0714 e. The smallest absolute Gasteiger partial charge is 0.0714 e. The van der Waals surface area contributed by atoms with E-state index in [4.69, 9.17) is 0 Å². The van der Waals surface area contributed by atoms with E-state index in [9.17, 15) is 0 Å². The molecule has 0 spiro atoms. The van der Waals surface area contributed by atoms with Gasteiger partial charge >= 0.3 is 0 Å². The molecule has 16 aromatic rings. The molecule has 408 valence electrons. The molecule has 3 nitrogen and oxygen atoms in total. The molecule has 0 unspecified atom stereocenters. The number of anilines is 6. The average Bonchev–Trinajstić information content (AvgIpc) is 1.99. The van der Waals surface area contributed by atoms with Crippen molar-refractivity contribution in [3.05, 3.63) is 356 Å². The van der Waals surface area contributed by atoms with E-state index < -0.39 is 5.41 Å². The second-order valence-corrected chi connectivity index (χ2v) is 23.9. The largest absolute Gasteiger partial charge is 0.310 e. The Kier molecular flexibility index (Phi) is 12.0. The molecule has 2 aromatic heterocycles. The van der Waals surface area contributed by atoms with Crippen LogP contribution in [0.3, 0.4) is 0 Å². The number of hydrogen-bond donors (Lipinski definition) is 0. The second kappa shape index (κ2) is 20.6. The van der Waals surface area contributed by atoms with E-state index >= 15 is 0 Å². The van der Waals surface area contributed by atoms with Crippen LogP contribution in [0.4, 0.5) is 34.1 Å². The molecule has 1 aliphatic rings. The third-order valence-corrected chi connectivity index (χ3v) is 19.1. The van der Waals surface area contributed by atoms with Gasteiger partial charge in [0, 0.05) is 70.8 Å². The van der Waals surface area contributed by atoms with Crippen molar-refractivity contribution in [3.63, 3.8) is 0 Å². The molecule has 1 aliphatic carbocycles. The zero-order chi connectivity index (χ0) is 57.4. The van der Waals surface area contributed by atoms with Gasteiger partial charge in [-0.2, -0.15) is 0 Å². The van der Waals surface area contributed by atoms with Crippen molar-refractivity contribution in [2.75, 3.05) is 9.80 Å². The molecule has 2 heterocycles. The monoisotopic (exact) mass is 1130 g/mol. The summed E-state index contributed by atoms with van der Waals surface area (Å²) < 4.78 is 4.96. The lowest BCUT2D eigenvalue weighted by atomic mass is 9.67. The zero-order valence-corrected chi connectivity index (χ0v) is 48.3. The highest BCUT2D eigenvalue weighted by molar-refractivity contribution is 7.25. The standard InChI is InChI=1S/C83H55N3S/c1-6-23-56(24-7-1)57-27-22-36-66(47-57)84(64-32-12-4-13-33-64)69-48-61(60-41-44-71-75-50-58-25-16-17-26-59(58)51-78(75)83(77(71)52-60,62-28-8-2-9-29-62)63-30-10-3-11-31-63)49-70(53-69)85(67-43-46-82-76(54-67)74-38-19-21-40-81(74)87-82)68-42-45-73-72-37-18-20-39-79(72)86(80(73)55-68)65-34-14-5-15-35-65/h1-55H. The molecule has 0 radical (unpaired) electrons. The van der Waals surface area contributed by atoms with Crippen LogP contribution in [0.1, 0.15) is 22.3 Å². The Morgan fingerprint density at radius 2 is 0.782 bits per heavy atom. The van der Waals surface area contributed by atoms with E-state index in [1.54, 1.807) is 0 Å². The Hall–Kier alpha value is -11.0. The van der Waals surface area contributed by atoms with Gasteiger partial charge in [-0.05, 0) is 182 Å². The van der Waals surface area contributed by atoms with Gasteiger partial charge in [0.2, 0.25) is 0 Å². The van der Waals surface area contributed by atoms with Crippen molar-refractivity contribution < 1.29 is 0 Å². The van der Waals surface area contributed by atoms with Crippen molar-refractivity contribution in [2.45, 2.75) is 5.41 Å². The highest BCUT2D eigenvalue weighted by Crippen LogP contribution is 2.58. The lowest BCUT2D eigenvalue weighted by Gasteiger charge is -2.34. The van der Waals surface area contributed by atoms with Crippen LogP contribution in [-0.2, 0) is 5.41 Å². The van der Waals surface area contributed by atoms with Crippen LogP contribution in [0, 0.1) is 0 Å². The van der Waals surface area contributed by atoms with Gasteiger partial charge < -0.3 is 14.4 Å². The molecule has 0 N–H and O–H groups in total. The van der Waals surface area contributed by atoms with Gasteiger partial charge in [-0.3, -0.25) is 0 Å². The minimum absolute atomic E-state index is 0.626. The van der Waals surface area contributed by atoms with E-state index in [-0.39, 0.29) is 0 Å². The summed E-state index contributed by atoms with van der Waals surface area (Å²) in [7, 11) is 0. The first-order chi connectivity index (χ1) is 43.1. The minimum Gasteiger partial charge on any atom is -0.310 e. The van der Waals surface area contributed by atoms with Crippen molar-refractivity contribution in [1.82, 2.24) is 4.57 Å². The molecular weight excluding hydrogens is 1070 g/mol. The van der Waals surface area contributed by atoms with E-state index in [0.29, 0.717) is 0 Å². The summed E-state index contributed by atoms with van der Waals surface area (Å²) >= 11 is 1.85. The number of fused-ring (bicyclic) bond motifs is 10. The number of hydrogen-bond acceptors (Lipinski definition) is 3. The fourth-order valence-electron chi connectivity index (χ4n) is 14.1. The van der Waals surface area contributed by atoms with Crippen LogP contribution in [0.25, 0.3) is 91.8 Å². The quantitative estimate of drug-likeness (QED) is 0.128. The van der Waals surface area contributed by atoms with Gasteiger partial charge in [-0.1, -0.05) is 218 Å². The first kappa shape index (κ1) is 50.5. The van der Waals surface area contributed by atoms with Crippen molar-refractivity contribution in [3.8, 4) is 39.1 Å². The van der Waals surface area contributed by atoms with Gasteiger partial charge in [0.15, 0.2) is 0 Å². The molecular formula is C83H55N3S. The van der Waals surface area contributed by atoms with Crippen LogP contribution in [0.5, 0.6) is 0 Å². The van der Waals surface area contributed by atoms with Crippen LogP contribution in [0.2, 0.25) is 0 Å². The summed E-state index contributed by atoms with van der Waals surface area (Å²) in [5.41, 5.74) is 21.1. The predicted molar refractivity (Wildman–Crippen MR) is 369 cm³/mol. The number of thiophene rings is 1. The number of nitrogens with zero attached hydrogens (tertiary/aromatic N) is 3. The topological polar surface area (TPSA) is 11.4 Å². The molecule has 0 atom stereocenters. The fraction of sp³-hybridized carbons (Fsp3) is 0.0120. The average molecular weight is 1130 g/mol. The maximum absolute atomic E-state index is 2.52. The summed E-state index contributed by atoms with van der Waals surface area (Å²) in [6.45, 7) is 0. The van der Waals surface area contributed by atoms with Crippen molar-refractivity contribution in [2.24, 2.45) is 0 Å². The summed E-state index contributed by atoms with van der Waals surface area (Å²) in [5, 5.41) is 7.37. The van der Waals surface area contributed by atoms with Gasteiger partial charge in [-0.25, -0.2) is 0 Å². The SMILES string of the molecule is c1ccc(-c2cccc(N(c3ccccc3)c3cc(-c4ccc5c(c4)C(c4ccccc4)(c4ccccc4)c4cc6ccccc6cc4-5)cc(N(c4ccc5sc6ccccc6c5c4)c4ccc5c6ccccc6n(-c6ccccc6)c5c4)c3)c2)cc1. The van der Waals surface area contributed by atoms with E-state index in [0.717, 1.165) is 62.0 Å². The molecule has 0 saturated heterocycles. The normalized spacial score (nSPS) is 12.5. The van der Waals surface area contributed by atoms with Gasteiger partial charge in [0.1, 0.15) is 0 Å². The fourth-order valence-corrected chi connectivity index (χ4v) is 15.2. The van der Waals surface area contributed by atoms with Crippen LogP contribution in [-0.4, -0.2) is 4.57 Å². The van der Waals surface area contributed by atoms with E-state index in [1.165, 1.54) is 86.2 Å². The molecule has 14 aromatic carbocycles. The molecule has 17 rings (SSSR count). The van der Waals surface area contributed by atoms with E-state index in [2.05, 4.69) is 348 Å². The molecule has 0 aliphatic heterocycles. The first-order valence-electron chi connectivity index (χ1n) is 29.9. The molecule has 0 fully saturated rings. The Morgan fingerprint density at radius 1 is 0.264 bits per heavy atom. The lowest BCUT2D eigenvalue weighted by molar-refractivity contribution is 0.770. The van der Waals surface area contributed by atoms with Crippen molar-refractivity contribution in [1.29, 1.82) is 0 Å². The molecule has 0 saturated carbocycles. The number of aromatic nitrogens is 1. The Balaban J connectivity index is 0.965. The second-order valence-electron chi connectivity index (χ2n) is 22.8. The first-order valence-corrected chi connectivity index (χ1v) is 30.7. The van der Waals surface area contributed by atoms with Gasteiger partial charge in [0.25, 0.3) is 0 Å². The number of para-hydroxylation sites is 3. The molecule has 0 bridgehead atoms. The Labute approximate surface area is 509 Å². The van der Waals surface area contributed by atoms with Crippen LogP contribution >= 0.6 is 11.3 Å². The van der Waals surface area contributed by atoms with Crippen molar-refractivity contribution >= 4 is 98.2 Å². The zero-order valence-electron chi connectivity index (χ0n) is 47.5. The number of rotatable bonds is 11. The molecule has 4 heteroatoms. The minimum atomic E-state index is -0.626. The van der Waals surface area contributed by atoms with Gasteiger partial charge in [0.05, 0.1) is 16.4 Å². The molecule has 0 amide bonds. The Bertz CT molecular complexity index is 5240. The lowest BCUT2D eigenvalue weighted by Crippen LogP contribution is -2.28. The van der Waals surface area contributed by atoms with Crippen LogP contribution < -0.4 is 9.80 Å². The summed E-state index contributed by atoms with van der Waals surface area (Å²) in [6, 6.07) is 124. The predicted octanol–water partition coefficient (Wildman–Crippen LogP) is 22.9. The highest BCUT2D eigenvalue weighted by Gasteiger charge is 2.46. The highest BCUT2D eigenvalue weighted by atomic mass is 32.1. The number of benzene rings is 14. The third-order valence-electron chi connectivity index (χ3n) is 17.9. The summed E-state index contributed by atoms with van der Waals surface area (Å²) in [5.74, 6) is 0. The summed E-state index contributed by atoms with van der Waals surface area (Å²) in [4.78, 5) is 4.94. The van der Waals surface area contributed by atoms with Crippen LogP contribution in [0.15, 0.2) is 334 Å². The summed E-state index contributed by atoms with van der Waals surface area (Å²) in [6.07, 6.45) is 0. The molecule has 87 heavy (non-hydrogen) atoms. The maximum atomic E-state index is 2.52. The van der Waals surface area contributed by atoms with E-state index in [1.807, 2.05) is 11.3 Å². The third kappa shape index (κ3) is 8.32. The Morgan fingerprint density at radius 3 is 1.53 bits per heavy atom. The van der Waals surface area contributed by atoms with Gasteiger partial charge in [-0.15, -0.1) is 11.3 Å².